The van der Waals surface area contributed by atoms with Crippen molar-refractivity contribution >= 4 is 46.4 Å². The van der Waals surface area contributed by atoms with Gasteiger partial charge < -0.3 is 10.1 Å². The van der Waals surface area contributed by atoms with Crippen LogP contribution in [0.25, 0.3) is 0 Å². The van der Waals surface area contributed by atoms with Crippen molar-refractivity contribution in [1.82, 2.24) is 5.43 Å². The van der Waals surface area contributed by atoms with Gasteiger partial charge in [-0.1, -0.05) is 47.5 Å². The van der Waals surface area contributed by atoms with Gasteiger partial charge in [0.25, 0.3) is 5.91 Å². The summed E-state index contributed by atoms with van der Waals surface area (Å²) in [6.45, 7) is 1.75. The van der Waals surface area contributed by atoms with E-state index in [1.54, 1.807) is 44.4 Å². The number of amides is 2. The number of carbonyl (C=O) groups excluding carboxylic acids is 2. The molecule has 0 radical (unpaired) electrons. The maximum absolute atomic E-state index is 12.4. The van der Waals surface area contributed by atoms with Gasteiger partial charge in [-0.2, -0.15) is 5.10 Å². The molecule has 8 heteroatoms. The van der Waals surface area contributed by atoms with Gasteiger partial charge in [-0.15, -0.1) is 0 Å². The molecule has 0 saturated heterocycles. The van der Waals surface area contributed by atoms with Gasteiger partial charge in [-0.05, 0) is 60.5 Å². The summed E-state index contributed by atoms with van der Waals surface area (Å²) in [5.74, 6) is 0.118. The molecule has 0 heterocycles. The Morgan fingerprint density at radius 1 is 1.00 bits per heavy atom. The quantitative estimate of drug-likeness (QED) is 0.362. The Morgan fingerprint density at radius 3 is 2.47 bits per heavy atom. The Bertz CT molecular complexity index is 1160. The second kappa shape index (κ2) is 10.8. The monoisotopic (exact) mass is 469 g/mol. The molecule has 0 aliphatic carbocycles. The highest BCUT2D eigenvalue weighted by atomic mass is 35.5. The first kappa shape index (κ1) is 23.3. The van der Waals surface area contributed by atoms with Gasteiger partial charge >= 0.3 is 0 Å². The predicted molar refractivity (Wildman–Crippen MR) is 128 cm³/mol. The van der Waals surface area contributed by atoms with Crippen molar-refractivity contribution in [3.05, 3.63) is 93.5 Å². The van der Waals surface area contributed by atoms with Gasteiger partial charge in [-0.3, -0.25) is 9.59 Å². The lowest BCUT2D eigenvalue weighted by atomic mass is 10.1. The average Bonchev–Trinajstić information content (AvgIpc) is 2.79. The van der Waals surface area contributed by atoms with E-state index in [1.807, 2.05) is 30.3 Å². The van der Waals surface area contributed by atoms with Crippen molar-refractivity contribution in [1.29, 1.82) is 0 Å². The van der Waals surface area contributed by atoms with Crippen LogP contribution in [0, 0.1) is 0 Å². The van der Waals surface area contributed by atoms with Gasteiger partial charge in [-0.25, -0.2) is 5.43 Å². The smallest absolute Gasteiger partial charge is 0.272 e. The van der Waals surface area contributed by atoms with Gasteiger partial charge in [0.1, 0.15) is 5.75 Å². The predicted octanol–water partition coefficient (Wildman–Crippen LogP) is 5.34. The van der Waals surface area contributed by atoms with Crippen LogP contribution in [-0.4, -0.2) is 24.6 Å². The van der Waals surface area contributed by atoms with E-state index in [0.717, 1.165) is 16.9 Å². The summed E-state index contributed by atoms with van der Waals surface area (Å²) in [6.07, 6.45) is 0.234. The highest BCUT2D eigenvalue weighted by Crippen LogP contribution is 2.20. The maximum Gasteiger partial charge on any atom is 0.272 e. The zero-order valence-corrected chi connectivity index (χ0v) is 19.0. The standard InChI is InChI=1S/C24H21Cl2N3O3/c1-15(28-29-24(31)21-14-18(25)8-11-22(21)26)17-4-3-5-19(13-17)27-23(30)12-16-6-9-20(32-2)10-7-16/h3-11,13-14H,12H2,1-2H3,(H,27,30)(H,29,31). The maximum atomic E-state index is 12.4. The molecule has 3 aromatic rings. The van der Waals surface area contributed by atoms with E-state index in [9.17, 15) is 9.59 Å². The first-order valence-electron chi connectivity index (χ1n) is 9.68. The summed E-state index contributed by atoms with van der Waals surface area (Å²) in [5, 5.41) is 7.69. The molecule has 2 amide bonds. The number of hydrogen-bond donors (Lipinski definition) is 2. The summed E-state index contributed by atoms with van der Waals surface area (Å²) >= 11 is 12.0. The zero-order chi connectivity index (χ0) is 23.1. The zero-order valence-electron chi connectivity index (χ0n) is 17.5. The van der Waals surface area contributed by atoms with E-state index in [1.165, 1.54) is 6.07 Å². The fourth-order valence-corrected chi connectivity index (χ4v) is 3.26. The Balaban J connectivity index is 1.64. The van der Waals surface area contributed by atoms with Crippen molar-refractivity contribution in [3.8, 4) is 5.75 Å². The molecule has 6 nitrogen and oxygen atoms in total. The van der Waals surface area contributed by atoms with E-state index < -0.39 is 5.91 Å². The van der Waals surface area contributed by atoms with E-state index in [0.29, 0.717) is 16.4 Å². The van der Waals surface area contributed by atoms with Crippen LogP contribution in [0.1, 0.15) is 28.4 Å². The highest BCUT2D eigenvalue weighted by Gasteiger charge is 2.11. The average molecular weight is 470 g/mol. The topological polar surface area (TPSA) is 79.8 Å². The van der Waals surface area contributed by atoms with Gasteiger partial charge in [0.2, 0.25) is 5.91 Å². The lowest BCUT2D eigenvalue weighted by Crippen LogP contribution is -2.20. The summed E-state index contributed by atoms with van der Waals surface area (Å²) in [4.78, 5) is 24.7. The minimum atomic E-state index is -0.471. The molecule has 164 valence electrons. The fraction of sp³-hybridized carbons (Fsp3) is 0.125. The van der Waals surface area contributed by atoms with Crippen LogP contribution in [0.2, 0.25) is 10.0 Å². The van der Waals surface area contributed by atoms with Crippen LogP contribution in [0.4, 0.5) is 5.69 Å². The molecule has 0 aliphatic heterocycles. The van der Waals surface area contributed by atoms with Crippen molar-refractivity contribution in [3.63, 3.8) is 0 Å². The molecule has 3 aromatic carbocycles. The summed E-state index contributed by atoms with van der Waals surface area (Å²) in [6, 6.07) is 19.1. The lowest BCUT2D eigenvalue weighted by molar-refractivity contribution is -0.115. The Morgan fingerprint density at radius 2 is 1.75 bits per heavy atom. The molecule has 0 fully saturated rings. The molecule has 0 spiro atoms. The van der Waals surface area contributed by atoms with Crippen molar-refractivity contribution in [2.75, 3.05) is 12.4 Å². The van der Waals surface area contributed by atoms with Crippen LogP contribution in [0.3, 0.4) is 0 Å². The van der Waals surface area contributed by atoms with Crippen LogP contribution in [0.15, 0.2) is 71.8 Å². The normalized spacial score (nSPS) is 11.1. The molecule has 32 heavy (non-hydrogen) atoms. The minimum Gasteiger partial charge on any atom is -0.497 e. The van der Waals surface area contributed by atoms with Gasteiger partial charge in [0.15, 0.2) is 0 Å². The lowest BCUT2D eigenvalue weighted by Gasteiger charge is -2.09. The van der Waals surface area contributed by atoms with Crippen molar-refractivity contribution in [2.45, 2.75) is 13.3 Å². The minimum absolute atomic E-state index is 0.147. The highest BCUT2D eigenvalue weighted by molar-refractivity contribution is 6.35. The number of anilines is 1. The third-order valence-corrected chi connectivity index (χ3v) is 5.15. The first-order valence-corrected chi connectivity index (χ1v) is 10.4. The number of halogens is 2. The summed E-state index contributed by atoms with van der Waals surface area (Å²) < 4.78 is 5.13. The van der Waals surface area contributed by atoms with E-state index in [4.69, 9.17) is 27.9 Å². The van der Waals surface area contributed by atoms with E-state index in [2.05, 4.69) is 15.8 Å². The second-order valence-electron chi connectivity index (χ2n) is 6.92. The number of nitrogens with zero attached hydrogens (tertiary/aromatic N) is 1. The van der Waals surface area contributed by atoms with Crippen LogP contribution < -0.4 is 15.5 Å². The summed E-state index contributed by atoms with van der Waals surface area (Å²) in [5.41, 5.74) is 5.51. The molecule has 3 rings (SSSR count). The van der Waals surface area contributed by atoms with E-state index in [-0.39, 0.29) is 22.9 Å². The largest absolute Gasteiger partial charge is 0.497 e. The third-order valence-electron chi connectivity index (χ3n) is 4.59. The number of rotatable bonds is 7. The molecule has 0 atom stereocenters. The molecular formula is C24H21Cl2N3O3. The number of benzene rings is 3. The van der Waals surface area contributed by atoms with Gasteiger partial charge in [0, 0.05) is 10.7 Å². The number of hydrazone groups is 1. The number of hydrogen-bond acceptors (Lipinski definition) is 4. The van der Waals surface area contributed by atoms with Crippen molar-refractivity contribution < 1.29 is 14.3 Å². The molecule has 0 aromatic heterocycles. The molecule has 0 unspecified atom stereocenters. The van der Waals surface area contributed by atoms with Crippen LogP contribution in [0.5, 0.6) is 5.75 Å². The molecule has 0 saturated carbocycles. The number of carbonyl (C=O) groups is 2. The number of ether oxygens (including phenoxy) is 1. The fourth-order valence-electron chi connectivity index (χ4n) is 2.89. The molecular weight excluding hydrogens is 449 g/mol. The number of methoxy groups -OCH3 is 1. The Hall–Kier alpha value is -3.35. The summed E-state index contributed by atoms with van der Waals surface area (Å²) in [7, 11) is 1.60. The van der Waals surface area contributed by atoms with Crippen molar-refractivity contribution in [2.24, 2.45) is 5.10 Å². The SMILES string of the molecule is COc1ccc(CC(=O)Nc2cccc(C(C)=NNC(=O)c3cc(Cl)ccc3Cl)c2)cc1. The van der Waals surface area contributed by atoms with Crippen LogP contribution in [-0.2, 0) is 11.2 Å². The van der Waals surface area contributed by atoms with Gasteiger partial charge in [0.05, 0.1) is 29.8 Å². The molecule has 0 aliphatic rings. The Kier molecular flexibility index (Phi) is 7.87. The Labute approximate surface area is 196 Å². The van der Waals surface area contributed by atoms with Crippen LogP contribution >= 0.6 is 23.2 Å². The first-order chi connectivity index (χ1) is 15.4. The number of nitrogens with one attached hydrogen (secondary N) is 2. The molecule has 2 N–H and O–H groups in total. The molecule has 0 bridgehead atoms. The van der Waals surface area contributed by atoms with E-state index >= 15 is 0 Å². The second-order valence-corrected chi connectivity index (χ2v) is 7.76. The third kappa shape index (κ3) is 6.33.